The van der Waals surface area contributed by atoms with Crippen molar-refractivity contribution < 1.29 is 14.3 Å². The van der Waals surface area contributed by atoms with Gasteiger partial charge < -0.3 is 19.4 Å². The molecule has 3 heterocycles. The van der Waals surface area contributed by atoms with Crippen LogP contribution in [0.5, 0.6) is 0 Å². The summed E-state index contributed by atoms with van der Waals surface area (Å²) < 4.78 is 5.86. The Kier molecular flexibility index (Phi) is 6.02. The third kappa shape index (κ3) is 4.32. The Labute approximate surface area is 179 Å². The van der Waals surface area contributed by atoms with Crippen LogP contribution in [0.2, 0.25) is 0 Å². The predicted molar refractivity (Wildman–Crippen MR) is 116 cm³/mol. The maximum Gasteiger partial charge on any atom is 0.410 e. The van der Waals surface area contributed by atoms with E-state index in [1.807, 2.05) is 41.0 Å². The number of hydrogen-bond acceptors (Lipinski definition) is 5. The Morgan fingerprint density at radius 2 is 1.90 bits per heavy atom. The van der Waals surface area contributed by atoms with Gasteiger partial charge >= 0.3 is 6.09 Å². The molecule has 1 atom stereocenters. The Bertz CT molecular complexity index is 788. The van der Waals surface area contributed by atoms with E-state index in [0.29, 0.717) is 45.1 Å². The number of nitrogens with zero attached hydrogens (tertiary/aromatic N) is 4. The summed E-state index contributed by atoms with van der Waals surface area (Å²) >= 11 is 0. The average Bonchev–Trinajstić information content (AvgIpc) is 3.32. The first-order chi connectivity index (χ1) is 14.4. The zero-order chi connectivity index (χ0) is 21.3. The van der Waals surface area contributed by atoms with Gasteiger partial charge in [0, 0.05) is 57.2 Å². The highest BCUT2D eigenvalue weighted by molar-refractivity contribution is 5.95. The summed E-state index contributed by atoms with van der Waals surface area (Å²) in [7, 11) is 4.26. The molecule has 0 aromatic heterocycles. The molecule has 1 aromatic rings. The van der Waals surface area contributed by atoms with Gasteiger partial charge in [0.1, 0.15) is 5.60 Å². The first-order valence-electron chi connectivity index (χ1n) is 11.1. The fraction of sp³-hybridized carbons (Fsp3) is 0.652. The molecule has 164 valence electrons. The summed E-state index contributed by atoms with van der Waals surface area (Å²) in [4.78, 5) is 33.9. The molecule has 0 saturated carbocycles. The average molecular weight is 415 g/mol. The van der Waals surface area contributed by atoms with Crippen molar-refractivity contribution >= 4 is 12.0 Å². The Morgan fingerprint density at radius 3 is 2.57 bits per heavy atom. The van der Waals surface area contributed by atoms with Crippen LogP contribution in [0.1, 0.15) is 35.2 Å². The second-order valence-electron chi connectivity index (χ2n) is 9.29. The summed E-state index contributed by atoms with van der Waals surface area (Å²) in [5.74, 6) is 0.0774. The number of likely N-dealkylation sites (tertiary alicyclic amines) is 2. The number of carbonyl (C=O) groups is 2. The van der Waals surface area contributed by atoms with Gasteiger partial charge in [-0.15, -0.1) is 0 Å². The van der Waals surface area contributed by atoms with Gasteiger partial charge in [0.2, 0.25) is 0 Å². The van der Waals surface area contributed by atoms with Crippen molar-refractivity contribution in [1.29, 1.82) is 0 Å². The van der Waals surface area contributed by atoms with E-state index in [4.69, 9.17) is 4.74 Å². The lowest BCUT2D eigenvalue weighted by molar-refractivity contribution is 0.00311. The number of amides is 2. The largest absolute Gasteiger partial charge is 0.441 e. The monoisotopic (exact) mass is 414 g/mol. The van der Waals surface area contributed by atoms with Gasteiger partial charge in [-0.1, -0.05) is 18.2 Å². The molecule has 0 bridgehead atoms. The van der Waals surface area contributed by atoms with E-state index >= 15 is 0 Å². The summed E-state index contributed by atoms with van der Waals surface area (Å²) in [6.45, 7) is 7.64. The molecule has 0 radical (unpaired) electrons. The third-order valence-electron chi connectivity index (χ3n) is 7.04. The van der Waals surface area contributed by atoms with Gasteiger partial charge in [-0.3, -0.25) is 9.69 Å². The number of ether oxygens (including phenoxy) is 1. The van der Waals surface area contributed by atoms with Crippen LogP contribution >= 0.6 is 0 Å². The van der Waals surface area contributed by atoms with Crippen molar-refractivity contribution in [3.05, 3.63) is 35.4 Å². The zero-order valence-corrected chi connectivity index (χ0v) is 18.5. The third-order valence-corrected chi connectivity index (χ3v) is 7.04. The van der Waals surface area contributed by atoms with E-state index in [0.717, 1.165) is 30.8 Å². The lowest BCUT2D eigenvalue weighted by atomic mass is 9.90. The lowest BCUT2D eigenvalue weighted by Gasteiger charge is -2.37. The molecule has 3 aliphatic heterocycles. The van der Waals surface area contributed by atoms with Gasteiger partial charge in [-0.05, 0) is 45.6 Å². The van der Waals surface area contributed by atoms with E-state index in [1.165, 1.54) is 6.42 Å². The Morgan fingerprint density at radius 1 is 1.17 bits per heavy atom. The molecular formula is C23H34N4O3. The van der Waals surface area contributed by atoms with E-state index in [-0.39, 0.29) is 12.0 Å². The summed E-state index contributed by atoms with van der Waals surface area (Å²) in [5, 5.41) is 0. The number of aryl methyl sites for hydroxylation is 1. The molecule has 0 N–H and O–H groups in total. The van der Waals surface area contributed by atoms with Gasteiger partial charge in [-0.2, -0.15) is 0 Å². The smallest absolute Gasteiger partial charge is 0.410 e. The molecule has 3 fully saturated rings. The maximum absolute atomic E-state index is 12.9. The number of carbonyl (C=O) groups excluding carboxylic acids is 2. The minimum atomic E-state index is -0.434. The lowest BCUT2D eigenvalue weighted by Crippen LogP contribution is -2.49. The van der Waals surface area contributed by atoms with Crippen molar-refractivity contribution in [3.8, 4) is 0 Å². The summed E-state index contributed by atoms with van der Waals surface area (Å²) in [5.41, 5.74) is 1.33. The highest BCUT2D eigenvalue weighted by Crippen LogP contribution is 2.33. The summed E-state index contributed by atoms with van der Waals surface area (Å²) in [6, 6.07) is 8.32. The fourth-order valence-electron chi connectivity index (χ4n) is 4.92. The molecule has 2 amide bonds. The van der Waals surface area contributed by atoms with Crippen molar-refractivity contribution in [2.45, 2.75) is 37.8 Å². The van der Waals surface area contributed by atoms with Crippen molar-refractivity contribution in [3.63, 3.8) is 0 Å². The highest BCUT2D eigenvalue weighted by atomic mass is 16.6. The fourth-order valence-corrected chi connectivity index (χ4v) is 4.92. The Hall–Kier alpha value is -2.12. The standard InChI is InChI=1S/C23H34N4O3/c1-18-6-4-5-7-20(18)21(28)26-12-9-23(10-13-26)17-27(22(29)30-23)15-14-25-11-8-19(16-25)24(2)3/h4-7,19H,8-17H2,1-3H3/t19-/m0/s1. The van der Waals surface area contributed by atoms with Crippen LogP contribution < -0.4 is 0 Å². The molecule has 3 aliphatic rings. The molecule has 0 unspecified atom stereocenters. The SMILES string of the molecule is Cc1ccccc1C(=O)N1CCC2(CC1)CN(CCN1CC[C@H](N(C)C)C1)C(=O)O2. The molecule has 3 saturated heterocycles. The minimum absolute atomic E-state index is 0.0774. The topological polar surface area (TPSA) is 56.3 Å². The molecule has 30 heavy (non-hydrogen) atoms. The van der Waals surface area contributed by atoms with Crippen LogP contribution in [0.3, 0.4) is 0 Å². The zero-order valence-electron chi connectivity index (χ0n) is 18.5. The van der Waals surface area contributed by atoms with E-state index in [9.17, 15) is 9.59 Å². The first-order valence-corrected chi connectivity index (χ1v) is 11.1. The van der Waals surface area contributed by atoms with Crippen LogP contribution in [0.15, 0.2) is 24.3 Å². The predicted octanol–water partition coefficient (Wildman–Crippen LogP) is 2.06. The summed E-state index contributed by atoms with van der Waals surface area (Å²) in [6.07, 6.45) is 2.40. The quantitative estimate of drug-likeness (QED) is 0.738. The second-order valence-corrected chi connectivity index (χ2v) is 9.29. The van der Waals surface area contributed by atoms with Gasteiger partial charge in [0.05, 0.1) is 6.54 Å². The van der Waals surface area contributed by atoms with Crippen molar-refractivity contribution in [2.24, 2.45) is 0 Å². The second kappa shape index (κ2) is 8.55. The molecule has 1 aromatic carbocycles. The van der Waals surface area contributed by atoms with Gasteiger partial charge in [0.15, 0.2) is 0 Å². The number of benzene rings is 1. The van der Waals surface area contributed by atoms with Crippen LogP contribution in [0.25, 0.3) is 0 Å². The molecular weight excluding hydrogens is 380 g/mol. The molecule has 4 rings (SSSR count). The van der Waals surface area contributed by atoms with Crippen LogP contribution in [-0.2, 0) is 4.74 Å². The molecule has 7 heteroatoms. The molecule has 0 aliphatic carbocycles. The number of piperidine rings is 1. The van der Waals surface area contributed by atoms with E-state index in [1.54, 1.807) is 0 Å². The van der Waals surface area contributed by atoms with Gasteiger partial charge in [-0.25, -0.2) is 4.79 Å². The van der Waals surface area contributed by atoms with Crippen LogP contribution in [0, 0.1) is 6.92 Å². The highest BCUT2D eigenvalue weighted by Gasteiger charge is 2.47. The number of rotatable bonds is 5. The normalized spacial score (nSPS) is 24.1. The van der Waals surface area contributed by atoms with E-state index in [2.05, 4.69) is 23.9 Å². The minimum Gasteiger partial charge on any atom is -0.441 e. The van der Waals surface area contributed by atoms with E-state index < -0.39 is 5.60 Å². The molecule has 7 nitrogen and oxygen atoms in total. The first kappa shape index (κ1) is 21.1. The molecule has 1 spiro atoms. The Balaban J connectivity index is 1.28. The van der Waals surface area contributed by atoms with Crippen molar-refractivity contribution in [2.75, 3.05) is 59.9 Å². The van der Waals surface area contributed by atoms with Crippen LogP contribution in [0.4, 0.5) is 4.79 Å². The van der Waals surface area contributed by atoms with Crippen LogP contribution in [-0.4, -0.2) is 103 Å². The number of likely N-dealkylation sites (N-methyl/N-ethyl adjacent to an activating group) is 1. The van der Waals surface area contributed by atoms with Crippen molar-refractivity contribution in [1.82, 2.24) is 19.6 Å². The van der Waals surface area contributed by atoms with Gasteiger partial charge in [0.25, 0.3) is 5.91 Å². The maximum atomic E-state index is 12.9. The number of hydrogen-bond donors (Lipinski definition) is 0.